The van der Waals surface area contributed by atoms with E-state index in [-0.39, 0.29) is 4.90 Å². The van der Waals surface area contributed by atoms with Gasteiger partial charge in [0.1, 0.15) is 5.75 Å². The number of hydrogen-bond acceptors (Lipinski definition) is 5. The molecule has 0 aliphatic carbocycles. The number of carbonyl (C=O) groups is 1. The zero-order valence-electron chi connectivity index (χ0n) is 10.5. The molecule has 0 radical (unpaired) electrons. The van der Waals surface area contributed by atoms with E-state index in [0.717, 1.165) is 10.2 Å². The Morgan fingerprint density at radius 3 is 2.55 bits per heavy atom. The van der Waals surface area contributed by atoms with E-state index in [2.05, 4.69) is 26.2 Å². The zero-order valence-corrected chi connectivity index (χ0v) is 13.7. The highest BCUT2D eigenvalue weighted by atomic mass is 79.9. The number of sulfone groups is 1. The van der Waals surface area contributed by atoms with Crippen molar-refractivity contribution in [3.05, 3.63) is 39.8 Å². The molecule has 1 N–H and O–H groups in total. The average Bonchev–Trinajstić information content (AvgIpc) is 2.74. The fraction of sp³-hybridized carbons (Fsp3) is 0.167. The largest absolute Gasteiger partial charge is 0.301 e. The first-order valence-corrected chi connectivity index (χ1v) is 8.89. The summed E-state index contributed by atoms with van der Waals surface area (Å²) in [5.74, 6) is -1.20. The molecule has 0 spiro atoms. The molecule has 0 saturated heterocycles. The maximum absolute atomic E-state index is 12.1. The van der Waals surface area contributed by atoms with Gasteiger partial charge in [0.05, 0.1) is 10.6 Å². The lowest BCUT2D eigenvalue weighted by atomic mass is 10.4. The second-order valence-electron chi connectivity index (χ2n) is 4.06. The van der Waals surface area contributed by atoms with E-state index >= 15 is 0 Å². The quantitative estimate of drug-likeness (QED) is 0.892. The summed E-state index contributed by atoms with van der Waals surface area (Å²) in [6, 6.07) is 6.16. The van der Waals surface area contributed by atoms with Crippen molar-refractivity contribution in [3.8, 4) is 0 Å². The number of aromatic nitrogens is 1. The third-order valence-electron chi connectivity index (χ3n) is 2.36. The van der Waals surface area contributed by atoms with E-state index in [9.17, 15) is 13.2 Å². The van der Waals surface area contributed by atoms with Crippen LogP contribution in [0, 0.1) is 6.92 Å². The van der Waals surface area contributed by atoms with E-state index < -0.39 is 21.5 Å². The Morgan fingerprint density at radius 2 is 2.00 bits per heavy atom. The van der Waals surface area contributed by atoms with Crippen LogP contribution >= 0.6 is 27.3 Å². The molecule has 0 saturated carbocycles. The van der Waals surface area contributed by atoms with Gasteiger partial charge in [0.15, 0.2) is 15.0 Å². The summed E-state index contributed by atoms with van der Waals surface area (Å²) in [6.07, 6.45) is 0. The van der Waals surface area contributed by atoms with E-state index in [1.54, 1.807) is 24.4 Å². The molecule has 1 heterocycles. The molecule has 0 atom stereocenters. The standard InChI is InChI=1S/C12H11BrN2O3S2/c1-8-6-19-12(14-8)15-11(16)7-20(17,18)10-4-2-9(13)3-5-10/h2-6H,7H2,1H3,(H,14,15,16). The topological polar surface area (TPSA) is 76.1 Å². The van der Waals surface area contributed by atoms with Gasteiger partial charge in [-0.1, -0.05) is 15.9 Å². The zero-order chi connectivity index (χ0) is 14.8. The van der Waals surface area contributed by atoms with Gasteiger partial charge in [-0.2, -0.15) is 0 Å². The molecule has 0 fully saturated rings. The van der Waals surface area contributed by atoms with Gasteiger partial charge >= 0.3 is 0 Å². The number of amides is 1. The highest BCUT2D eigenvalue weighted by Gasteiger charge is 2.19. The SMILES string of the molecule is Cc1csc(NC(=O)CS(=O)(=O)c2ccc(Br)cc2)n1. The molecular formula is C12H11BrN2O3S2. The lowest BCUT2D eigenvalue weighted by molar-refractivity contribution is -0.113. The average molecular weight is 375 g/mol. The van der Waals surface area contributed by atoms with Crippen LogP contribution in [0.4, 0.5) is 5.13 Å². The first-order chi connectivity index (χ1) is 9.37. The molecule has 1 amide bonds. The monoisotopic (exact) mass is 374 g/mol. The van der Waals surface area contributed by atoms with E-state index in [0.29, 0.717) is 5.13 Å². The van der Waals surface area contributed by atoms with Crippen molar-refractivity contribution < 1.29 is 13.2 Å². The Labute approximate surface area is 129 Å². The molecule has 0 bridgehead atoms. The molecule has 5 nitrogen and oxygen atoms in total. The first-order valence-electron chi connectivity index (χ1n) is 5.57. The van der Waals surface area contributed by atoms with Gasteiger partial charge in [0.2, 0.25) is 5.91 Å². The van der Waals surface area contributed by atoms with Crippen LogP contribution in [0.1, 0.15) is 5.69 Å². The summed E-state index contributed by atoms with van der Waals surface area (Å²) in [5, 5.41) is 4.66. The molecular weight excluding hydrogens is 364 g/mol. The molecule has 2 rings (SSSR count). The van der Waals surface area contributed by atoms with Gasteiger partial charge in [-0.05, 0) is 31.2 Å². The van der Waals surface area contributed by atoms with Crippen LogP contribution in [0.5, 0.6) is 0 Å². The van der Waals surface area contributed by atoms with Crippen molar-refractivity contribution in [2.24, 2.45) is 0 Å². The van der Waals surface area contributed by atoms with Crippen LogP contribution in [0.3, 0.4) is 0 Å². The number of thiazole rings is 1. The Morgan fingerprint density at radius 1 is 1.35 bits per heavy atom. The maximum atomic E-state index is 12.1. The van der Waals surface area contributed by atoms with Crippen LogP contribution in [0.15, 0.2) is 39.0 Å². The summed E-state index contributed by atoms with van der Waals surface area (Å²) in [4.78, 5) is 15.9. The van der Waals surface area contributed by atoms with Crippen LogP contribution in [0.25, 0.3) is 0 Å². The Kier molecular flexibility index (Phi) is 4.56. The third kappa shape index (κ3) is 3.87. The van der Waals surface area contributed by atoms with E-state index in [1.165, 1.54) is 23.5 Å². The fourth-order valence-electron chi connectivity index (χ4n) is 1.46. The molecule has 8 heteroatoms. The Bertz CT molecular complexity index is 723. The summed E-state index contributed by atoms with van der Waals surface area (Å²) >= 11 is 4.49. The van der Waals surface area contributed by atoms with Crippen molar-refractivity contribution in [1.29, 1.82) is 0 Å². The molecule has 0 unspecified atom stereocenters. The van der Waals surface area contributed by atoms with Gasteiger partial charge in [-0.3, -0.25) is 4.79 Å². The minimum Gasteiger partial charge on any atom is -0.301 e. The maximum Gasteiger partial charge on any atom is 0.241 e. The minimum absolute atomic E-state index is 0.117. The second kappa shape index (κ2) is 6.02. The Balaban J connectivity index is 2.08. The highest BCUT2D eigenvalue weighted by Crippen LogP contribution is 2.17. The van der Waals surface area contributed by atoms with Gasteiger partial charge < -0.3 is 5.32 Å². The van der Waals surface area contributed by atoms with Crippen molar-refractivity contribution in [3.63, 3.8) is 0 Å². The molecule has 106 valence electrons. The van der Waals surface area contributed by atoms with Crippen molar-refractivity contribution in [1.82, 2.24) is 4.98 Å². The predicted octanol–water partition coefficient (Wildman–Crippen LogP) is 2.63. The van der Waals surface area contributed by atoms with Crippen LogP contribution < -0.4 is 5.32 Å². The number of benzene rings is 1. The van der Waals surface area contributed by atoms with Crippen molar-refractivity contribution in [2.75, 3.05) is 11.1 Å². The smallest absolute Gasteiger partial charge is 0.241 e. The van der Waals surface area contributed by atoms with Crippen LogP contribution in [-0.4, -0.2) is 25.1 Å². The molecule has 1 aromatic heterocycles. The molecule has 2 aromatic rings. The van der Waals surface area contributed by atoms with Crippen molar-refractivity contribution >= 4 is 48.1 Å². The minimum atomic E-state index is -3.65. The lowest BCUT2D eigenvalue weighted by Crippen LogP contribution is -2.22. The van der Waals surface area contributed by atoms with Gasteiger partial charge in [-0.25, -0.2) is 13.4 Å². The normalized spacial score (nSPS) is 11.3. The summed E-state index contributed by atoms with van der Waals surface area (Å²) in [6.45, 7) is 1.80. The molecule has 20 heavy (non-hydrogen) atoms. The first kappa shape index (κ1) is 15.1. The number of rotatable bonds is 4. The number of aryl methyl sites for hydroxylation is 1. The summed E-state index contributed by atoms with van der Waals surface area (Å²) in [5.41, 5.74) is 0.779. The number of hydrogen-bond donors (Lipinski definition) is 1. The number of nitrogens with one attached hydrogen (secondary N) is 1. The van der Waals surface area contributed by atoms with Crippen LogP contribution in [-0.2, 0) is 14.6 Å². The lowest BCUT2D eigenvalue weighted by Gasteiger charge is -2.04. The second-order valence-corrected chi connectivity index (χ2v) is 7.82. The Hall–Kier alpha value is -1.25. The molecule has 1 aromatic carbocycles. The molecule has 0 aliphatic rings. The van der Waals surface area contributed by atoms with Gasteiger partial charge in [0, 0.05) is 9.85 Å². The predicted molar refractivity (Wildman–Crippen MR) is 81.7 cm³/mol. The fourth-order valence-corrected chi connectivity index (χ4v) is 3.57. The van der Waals surface area contributed by atoms with E-state index in [1.807, 2.05) is 0 Å². The third-order valence-corrected chi connectivity index (χ3v) is 5.40. The van der Waals surface area contributed by atoms with Gasteiger partial charge in [-0.15, -0.1) is 11.3 Å². The number of halogens is 1. The highest BCUT2D eigenvalue weighted by molar-refractivity contribution is 9.10. The van der Waals surface area contributed by atoms with E-state index in [4.69, 9.17) is 0 Å². The summed E-state index contributed by atoms with van der Waals surface area (Å²) in [7, 11) is -3.65. The van der Waals surface area contributed by atoms with Crippen LogP contribution in [0.2, 0.25) is 0 Å². The number of nitrogens with zero attached hydrogens (tertiary/aromatic N) is 1. The van der Waals surface area contributed by atoms with Gasteiger partial charge in [0.25, 0.3) is 0 Å². The number of anilines is 1. The number of carbonyl (C=O) groups excluding carboxylic acids is 1. The summed E-state index contributed by atoms with van der Waals surface area (Å²) < 4.78 is 24.9. The molecule has 0 aliphatic heterocycles. The van der Waals surface area contributed by atoms with Crippen molar-refractivity contribution in [2.45, 2.75) is 11.8 Å².